The van der Waals surface area contributed by atoms with Crippen molar-refractivity contribution in [2.75, 3.05) is 0 Å². The van der Waals surface area contributed by atoms with Crippen LogP contribution in [0.15, 0.2) is 36.7 Å². The fourth-order valence-electron chi connectivity index (χ4n) is 1.73. The molecule has 0 aliphatic heterocycles. The fraction of sp³-hybridized carbons (Fsp3) is 0.143. The van der Waals surface area contributed by atoms with E-state index in [-0.39, 0.29) is 0 Å². The Morgan fingerprint density at radius 1 is 1.32 bits per heavy atom. The molecule has 0 aliphatic rings. The van der Waals surface area contributed by atoms with Gasteiger partial charge < -0.3 is 5.32 Å². The van der Waals surface area contributed by atoms with Crippen molar-refractivity contribution in [1.29, 1.82) is 0 Å². The quantitative estimate of drug-likeness (QED) is 0.937. The number of benzene rings is 1. The number of nitrogens with one attached hydrogen (secondary N) is 1. The highest BCUT2D eigenvalue weighted by molar-refractivity contribution is 6.30. The minimum absolute atomic E-state index is 0.532. The average Bonchev–Trinajstić information content (AvgIpc) is 2.83. The predicted molar refractivity (Wildman–Crippen MR) is 76.2 cm³/mol. The third kappa shape index (κ3) is 3.88. The zero-order valence-corrected chi connectivity index (χ0v) is 12.1. The van der Waals surface area contributed by atoms with Crippen molar-refractivity contribution in [2.45, 2.75) is 6.18 Å². The number of aromatic nitrogens is 2. The lowest BCUT2D eigenvalue weighted by Gasteiger charge is -2.04. The summed E-state index contributed by atoms with van der Waals surface area (Å²) in [6, 6.07) is 6.73. The van der Waals surface area contributed by atoms with Gasteiger partial charge in [0.2, 0.25) is 0 Å². The van der Waals surface area contributed by atoms with Crippen LogP contribution in [0.3, 0.4) is 0 Å². The molecule has 0 saturated heterocycles. The van der Waals surface area contributed by atoms with Crippen LogP contribution in [0, 0.1) is 0 Å². The van der Waals surface area contributed by atoms with Crippen LogP contribution in [0.2, 0.25) is 5.02 Å². The second-order valence-corrected chi connectivity index (χ2v) is 4.86. The Hall–Kier alpha value is -2.28. The van der Waals surface area contributed by atoms with E-state index in [2.05, 4.69) is 10.4 Å². The Balaban J connectivity index is 2.11. The Kier molecular flexibility index (Phi) is 4.56. The summed E-state index contributed by atoms with van der Waals surface area (Å²) < 4.78 is 39.2. The molecule has 0 bridgehead atoms. The van der Waals surface area contributed by atoms with Gasteiger partial charge >= 0.3 is 6.18 Å². The lowest BCUT2D eigenvalue weighted by atomic mass is 10.2. The number of rotatable bonds is 3. The first kappa shape index (κ1) is 16.1. The van der Waals surface area contributed by atoms with Crippen LogP contribution >= 0.6 is 11.6 Å². The molecule has 0 fully saturated rings. The minimum atomic E-state index is -4.69. The first-order valence-electron chi connectivity index (χ1n) is 6.11. The van der Waals surface area contributed by atoms with Gasteiger partial charge in [0.05, 0.1) is 5.56 Å². The van der Waals surface area contributed by atoms with Crippen molar-refractivity contribution in [3.8, 4) is 0 Å². The van der Waals surface area contributed by atoms with Gasteiger partial charge in [-0.15, -0.1) is 0 Å². The molecule has 116 valence electrons. The van der Waals surface area contributed by atoms with Gasteiger partial charge in [-0.2, -0.15) is 18.3 Å². The van der Waals surface area contributed by atoms with Gasteiger partial charge in [0.25, 0.3) is 5.91 Å². The van der Waals surface area contributed by atoms with Crippen LogP contribution < -0.4 is 5.32 Å². The monoisotopic (exact) mass is 329 g/mol. The maximum absolute atomic E-state index is 12.8. The number of halogens is 4. The number of carbonyl (C=O) groups excluding carboxylic acids is 1. The molecule has 2 aromatic rings. The number of hydrogen-bond donors (Lipinski definition) is 1. The van der Waals surface area contributed by atoms with E-state index in [4.69, 9.17) is 11.6 Å². The Morgan fingerprint density at radius 2 is 1.95 bits per heavy atom. The molecular formula is C14H11ClF3N3O. The zero-order valence-electron chi connectivity index (χ0n) is 11.4. The summed E-state index contributed by atoms with van der Waals surface area (Å²) in [5, 5.41) is 6.11. The van der Waals surface area contributed by atoms with E-state index in [0.717, 1.165) is 16.4 Å². The molecule has 0 radical (unpaired) electrons. The van der Waals surface area contributed by atoms with E-state index < -0.39 is 23.3 Å². The van der Waals surface area contributed by atoms with Gasteiger partial charge in [0, 0.05) is 24.5 Å². The summed E-state index contributed by atoms with van der Waals surface area (Å²) in [6.45, 7) is 0. The SMILES string of the molecule is Cn1cc(C(=O)N/C=C\c2ccc(Cl)cc2)c(C(F)(F)F)n1. The van der Waals surface area contributed by atoms with Crippen molar-refractivity contribution in [3.63, 3.8) is 0 Å². The van der Waals surface area contributed by atoms with Crippen LogP contribution in [0.5, 0.6) is 0 Å². The molecule has 22 heavy (non-hydrogen) atoms. The molecule has 0 spiro atoms. The van der Waals surface area contributed by atoms with Crippen molar-refractivity contribution < 1.29 is 18.0 Å². The average molecular weight is 330 g/mol. The lowest BCUT2D eigenvalue weighted by molar-refractivity contribution is -0.141. The van der Waals surface area contributed by atoms with Crippen LogP contribution in [0.4, 0.5) is 13.2 Å². The van der Waals surface area contributed by atoms with Gasteiger partial charge in [0.15, 0.2) is 5.69 Å². The highest BCUT2D eigenvalue weighted by atomic mass is 35.5. The molecule has 0 unspecified atom stereocenters. The van der Waals surface area contributed by atoms with Gasteiger partial charge in [-0.3, -0.25) is 9.48 Å². The smallest absolute Gasteiger partial charge is 0.328 e. The molecule has 1 aromatic carbocycles. The largest absolute Gasteiger partial charge is 0.435 e. The van der Waals surface area contributed by atoms with Crippen molar-refractivity contribution in [1.82, 2.24) is 15.1 Å². The third-order valence-electron chi connectivity index (χ3n) is 2.70. The summed E-state index contributed by atoms with van der Waals surface area (Å²) in [7, 11) is 1.32. The Bertz CT molecular complexity index is 705. The van der Waals surface area contributed by atoms with Gasteiger partial charge in [-0.1, -0.05) is 23.7 Å². The number of nitrogens with zero attached hydrogens (tertiary/aromatic N) is 2. The Morgan fingerprint density at radius 3 is 2.55 bits per heavy atom. The second-order valence-electron chi connectivity index (χ2n) is 4.42. The second kappa shape index (κ2) is 6.23. The molecule has 0 saturated carbocycles. The first-order valence-corrected chi connectivity index (χ1v) is 6.49. The maximum Gasteiger partial charge on any atom is 0.435 e. The van der Waals surface area contributed by atoms with Gasteiger partial charge in [0.1, 0.15) is 0 Å². The number of amides is 1. The predicted octanol–water partition coefficient (Wildman–Crippen LogP) is 3.49. The summed E-state index contributed by atoms with van der Waals surface area (Å²) >= 11 is 5.73. The molecule has 4 nitrogen and oxygen atoms in total. The number of alkyl halides is 3. The van der Waals surface area contributed by atoms with E-state index in [0.29, 0.717) is 5.02 Å². The van der Waals surface area contributed by atoms with Gasteiger partial charge in [-0.25, -0.2) is 0 Å². The van der Waals surface area contributed by atoms with Crippen LogP contribution in [0.1, 0.15) is 21.6 Å². The molecular weight excluding hydrogens is 319 g/mol. The Labute approximate surface area is 129 Å². The third-order valence-corrected chi connectivity index (χ3v) is 2.95. The summed E-state index contributed by atoms with van der Waals surface area (Å²) in [5.74, 6) is -0.884. The molecule has 1 aromatic heterocycles. The van der Waals surface area contributed by atoms with E-state index in [1.807, 2.05) is 0 Å². The summed E-state index contributed by atoms with van der Waals surface area (Å²) in [4.78, 5) is 11.8. The van der Waals surface area contributed by atoms with Crippen molar-refractivity contribution in [3.05, 3.63) is 58.5 Å². The minimum Gasteiger partial charge on any atom is -0.328 e. The highest BCUT2D eigenvalue weighted by Gasteiger charge is 2.38. The van der Waals surface area contributed by atoms with Crippen LogP contribution in [-0.4, -0.2) is 15.7 Å². The summed E-state index contributed by atoms with van der Waals surface area (Å²) in [6.07, 6.45) is -0.862. The highest BCUT2D eigenvalue weighted by Crippen LogP contribution is 2.30. The maximum atomic E-state index is 12.8. The number of hydrogen-bond acceptors (Lipinski definition) is 2. The van der Waals surface area contributed by atoms with Gasteiger partial charge in [-0.05, 0) is 23.8 Å². The molecule has 0 atom stereocenters. The standard InChI is InChI=1S/C14H11ClF3N3O/c1-21-8-11(12(20-21)14(16,17)18)13(22)19-7-6-9-2-4-10(15)5-3-9/h2-8H,1H3,(H,19,22)/b7-6-. The molecule has 1 amide bonds. The molecule has 1 N–H and O–H groups in total. The van der Waals surface area contributed by atoms with Crippen molar-refractivity contribution in [2.24, 2.45) is 7.05 Å². The van der Waals surface area contributed by atoms with E-state index in [1.54, 1.807) is 24.3 Å². The lowest BCUT2D eigenvalue weighted by Crippen LogP contribution is -2.21. The fourth-order valence-corrected chi connectivity index (χ4v) is 1.86. The van der Waals surface area contributed by atoms with Crippen molar-refractivity contribution >= 4 is 23.6 Å². The van der Waals surface area contributed by atoms with Crippen LogP contribution in [-0.2, 0) is 13.2 Å². The van der Waals surface area contributed by atoms with Crippen LogP contribution in [0.25, 0.3) is 6.08 Å². The van der Waals surface area contributed by atoms with E-state index in [9.17, 15) is 18.0 Å². The normalized spacial score (nSPS) is 11.9. The zero-order chi connectivity index (χ0) is 16.3. The summed E-state index contributed by atoms with van der Waals surface area (Å²) in [5.41, 5.74) is -1.00. The topological polar surface area (TPSA) is 46.9 Å². The molecule has 1 heterocycles. The number of carbonyl (C=O) groups is 1. The van der Waals surface area contributed by atoms with E-state index >= 15 is 0 Å². The number of aryl methyl sites for hydroxylation is 1. The molecule has 0 aliphatic carbocycles. The first-order chi connectivity index (χ1) is 10.3. The molecule has 2 rings (SSSR count). The van der Waals surface area contributed by atoms with E-state index in [1.165, 1.54) is 19.3 Å². The molecule has 8 heteroatoms.